The van der Waals surface area contributed by atoms with Crippen LogP contribution in [0.4, 0.5) is 0 Å². The molecule has 0 aromatic heterocycles. The van der Waals surface area contributed by atoms with Gasteiger partial charge in [-0.15, -0.1) is 0 Å². The Hall–Kier alpha value is -0.730. The number of hydrogen-bond acceptors (Lipinski definition) is 4. The summed E-state index contributed by atoms with van der Waals surface area (Å²) in [5, 5.41) is 2.28. The number of carbonyl (C=O) groups is 1. The average Bonchev–Trinajstić information content (AvgIpc) is 2.03. The van der Waals surface area contributed by atoms with Crippen molar-refractivity contribution in [2.24, 2.45) is 4.99 Å². The molecule has 0 fully saturated rings. The van der Waals surface area contributed by atoms with Gasteiger partial charge in [-0.2, -0.15) is 0 Å². The molecule has 0 aromatic carbocycles. The third-order valence-corrected chi connectivity index (χ3v) is 1.78. The van der Waals surface area contributed by atoms with Gasteiger partial charge in [0, 0.05) is 0 Å². The highest BCUT2D eigenvalue weighted by molar-refractivity contribution is 7.78. The molecular formula is C10H17NO2S. The minimum absolute atomic E-state index is 0.225. The number of carbonyl (C=O) groups excluding carboxylic acids is 1. The lowest BCUT2D eigenvalue weighted by Gasteiger charge is -2.16. The van der Waals surface area contributed by atoms with Crippen LogP contribution in [0.1, 0.15) is 40.0 Å². The molecule has 0 unspecified atom stereocenters. The van der Waals surface area contributed by atoms with Gasteiger partial charge in [0.2, 0.25) is 0 Å². The summed E-state index contributed by atoms with van der Waals surface area (Å²) in [7, 11) is 0. The molecule has 0 aliphatic heterocycles. The SMILES string of the molecule is CCCCOC(=O)CC(C)(C)N=C=S. The Kier molecular flexibility index (Phi) is 6.34. The summed E-state index contributed by atoms with van der Waals surface area (Å²) < 4.78 is 5.00. The van der Waals surface area contributed by atoms with Crippen molar-refractivity contribution in [1.82, 2.24) is 0 Å². The fourth-order valence-corrected chi connectivity index (χ4v) is 1.14. The molecule has 0 bridgehead atoms. The van der Waals surface area contributed by atoms with Crippen molar-refractivity contribution in [3.8, 4) is 0 Å². The van der Waals surface area contributed by atoms with Crippen LogP contribution in [-0.4, -0.2) is 23.3 Å². The fourth-order valence-electron chi connectivity index (χ4n) is 0.898. The molecule has 0 aromatic rings. The number of unbranched alkanes of at least 4 members (excludes halogenated alkanes) is 1. The van der Waals surface area contributed by atoms with Crippen molar-refractivity contribution in [2.75, 3.05) is 6.61 Å². The Labute approximate surface area is 90.6 Å². The van der Waals surface area contributed by atoms with E-state index < -0.39 is 5.54 Å². The maximum Gasteiger partial charge on any atom is 0.308 e. The largest absolute Gasteiger partial charge is 0.466 e. The van der Waals surface area contributed by atoms with Crippen LogP contribution in [0, 0.1) is 0 Å². The van der Waals surface area contributed by atoms with E-state index in [9.17, 15) is 4.79 Å². The number of aliphatic imine (C=N–C) groups is 1. The first-order valence-electron chi connectivity index (χ1n) is 4.76. The summed E-state index contributed by atoms with van der Waals surface area (Å²) in [5.41, 5.74) is -0.495. The number of ether oxygens (including phenoxy) is 1. The number of esters is 1. The molecule has 0 rings (SSSR count). The molecule has 0 heterocycles. The number of isothiocyanates is 1. The zero-order valence-electron chi connectivity index (χ0n) is 9.00. The van der Waals surface area contributed by atoms with Crippen LogP contribution in [0.2, 0.25) is 0 Å². The summed E-state index contributed by atoms with van der Waals surface area (Å²) in [6.45, 7) is 6.20. The van der Waals surface area contributed by atoms with Crippen molar-refractivity contribution in [3.05, 3.63) is 0 Å². The molecule has 0 aliphatic rings. The first-order valence-corrected chi connectivity index (χ1v) is 5.17. The standard InChI is InChI=1S/C10H17NO2S/c1-4-5-6-13-9(12)7-10(2,3)11-8-14/h4-7H2,1-3H3. The maximum absolute atomic E-state index is 11.3. The van der Waals surface area contributed by atoms with Gasteiger partial charge in [0.15, 0.2) is 0 Å². The van der Waals surface area contributed by atoms with Crippen molar-refractivity contribution >= 4 is 23.3 Å². The van der Waals surface area contributed by atoms with Crippen LogP contribution in [-0.2, 0) is 9.53 Å². The molecule has 80 valence electrons. The highest BCUT2D eigenvalue weighted by Crippen LogP contribution is 2.14. The molecule has 0 saturated carbocycles. The topological polar surface area (TPSA) is 38.7 Å². The molecule has 0 radical (unpaired) electrons. The number of nitrogens with zero attached hydrogens (tertiary/aromatic N) is 1. The van der Waals surface area contributed by atoms with Gasteiger partial charge in [-0.05, 0) is 32.5 Å². The van der Waals surface area contributed by atoms with Gasteiger partial charge in [0.25, 0.3) is 0 Å². The molecule has 4 heteroatoms. The molecule has 0 spiro atoms. The Morgan fingerprint density at radius 1 is 1.57 bits per heavy atom. The highest BCUT2D eigenvalue weighted by atomic mass is 32.1. The monoisotopic (exact) mass is 215 g/mol. The second-order valence-corrected chi connectivity index (χ2v) is 3.95. The van der Waals surface area contributed by atoms with E-state index in [1.54, 1.807) is 0 Å². The smallest absolute Gasteiger partial charge is 0.308 e. The molecule has 14 heavy (non-hydrogen) atoms. The van der Waals surface area contributed by atoms with E-state index in [4.69, 9.17) is 4.74 Å². The Bertz CT molecular complexity index is 232. The molecule has 0 atom stereocenters. The summed E-state index contributed by atoms with van der Waals surface area (Å²) >= 11 is 4.49. The lowest BCUT2D eigenvalue weighted by molar-refractivity contribution is -0.144. The predicted octanol–water partition coefficient (Wildman–Crippen LogP) is 2.60. The van der Waals surface area contributed by atoms with Crippen LogP contribution >= 0.6 is 12.2 Å². The predicted molar refractivity (Wildman–Crippen MR) is 59.6 cm³/mol. The Morgan fingerprint density at radius 2 is 2.21 bits per heavy atom. The second kappa shape index (κ2) is 6.68. The normalized spacial score (nSPS) is 10.5. The Balaban J connectivity index is 3.87. The molecule has 3 nitrogen and oxygen atoms in total. The molecule has 0 amide bonds. The van der Waals surface area contributed by atoms with E-state index in [-0.39, 0.29) is 12.4 Å². The summed E-state index contributed by atoms with van der Waals surface area (Å²) in [4.78, 5) is 15.2. The third-order valence-electron chi connectivity index (χ3n) is 1.69. The minimum Gasteiger partial charge on any atom is -0.466 e. The quantitative estimate of drug-likeness (QED) is 0.296. The van der Waals surface area contributed by atoms with E-state index in [0.717, 1.165) is 12.8 Å². The van der Waals surface area contributed by atoms with Gasteiger partial charge in [-0.3, -0.25) is 4.79 Å². The summed E-state index contributed by atoms with van der Waals surface area (Å²) in [5.74, 6) is -0.225. The van der Waals surface area contributed by atoms with Gasteiger partial charge in [-0.1, -0.05) is 13.3 Å². The fraction of sp³-hybridized carbons (Fsp3) is 0.800. The van der Waals surface area contributed by atoms with Crippen LogP contribution in [0.5, 0.6) is 0 Å². The van der Waals surface area contributed by atoms with Crippen molar-refractivity contribution < 1.29 is 9.53 Å². The van der Waals surface area contributed by atoms with Gasteiger partial charge < -0.3 is 4.74 Å². The van der Waals surface area contributed by atoms with Gasteiger partial charge in [0.1, 0.15) is 0 Å². The number of rotatable bonds is 6. The first kappa shape index (κ1) is 13.3. The van der Waals surface area contributed by atoms with Crippen molar-refractivity contribution in [2.45, 2.75) is 45.6 Å². The van der Waals surface area contributed by atoms with E-state index in [2.05, 4.69) is 22.4 Å². The van der Waals surface area contributed by atoms with Crippen LogP contribution in [0.3, 0.4) is 0 Å². The average molecular weight is 215 g/mol. The van der Waals surface area contributed by atoms with E-state index >= 15 is 0 Å². The van der Waals surface area contributed by atoms with Crippen molar-refractivity contribution in [1.29, 1.82) is 0 Å². The first-order chi connectivity index (χ1) is 6.52. The second-order valence-electron chi connectivity index (χ2n) is 3.77. The Morgan fingerprint density at radius 3 is 2.71 bits per heavy atom. The minimum atomic E-state index is -0.495. The molecule has 0 aliphatic carbocycles. The van der Waals surface area contributed by atoms with Crippen LogP contribution in [0.25, 0.3) is 0 Å². The highest BCUT2D eigenvalue weighted by Gasteiger charge is 2.21. The number of hydrogen-bond donors (Lipinski definition) is 0. The zero-order chi connectivity index (χ0) is 11.0. The van der Waals surface area contributed by atoms with Gasteiger partial charge in [0.05, 0.1) is 23.7 Å². The zero-order valence-corrected chi connectivity index (χ0v) is 9.82. The van der Waals surface area contributed by atoms with E-state index in [0.29, 0.717) is 6.61 Å². The lowest BCUT2D eigenvalue weighted by atomic mass is 10.0. The molecule has 0 saturated heterocycles. The summed E-state index contributed by atoms with van der Waals surface area (Å²) in [6, 6.07) is 0. The van der Waals surface area contributed by atoms with Gasteiger partial charge in [-0.25, -0.2) is 4.99 Å². The van der Waals surface area contributed by atoms with Crippen LogP contribution in [0.15, 0.2) is 4.99 Å². The molecular weight excluding hydrogens is 198 g/mol. The van der Waals surface area contributed by atoms with E-state index in [1.165, 1.54) is 0 Å². The number of thiocarbonyl (C=S) groups is 1. The van der Waals surface area contributed by atoms with Crippen molar-refractivity contribution in [3.63, 3.8) is 0 Å². The molecule has 0 N–H and O–H groups in total. The van der Waals surface area contributed by atoms with Crippen LogP contribution < -0.4 is 0 Å². The summed E-state index contributed by atoms with van der Waals surface area (Å²) in [6.07, 6.45) is 2.18. The van der Waals surface area contributed by atoms with E-state index in [1.807, 2.05) is 20.8 Å². The lowest BCUT2D eigenvalue weighted by Crippen LogP contribution is -2.23. The maximum atomic E-state index is 11.3. The third kappa shape index (κ3) is 6.75. The van der Waals surface area contributed by atoms with Gasteiger partial charge >= 0.3 is 5.97 Å².